The van der Waals surface area contributed by atoms with Gasteiger partial charge in [0.05, 0.1) is 23.2 Å². The molecule has 0 fully saturated rings. The average molecular weight is 337 g/mol. The van der Waals surface area contributed by atoms with Crippen LogP contribution in [0.25, 0.3) is 0 Å². The summed E-state index contributed by atoms with van der Waals surface area (Å²) in [5, 5.41) is 12.7. The van der Waals surface area contributed by atoms with Gasteiger partial charge in [-0.25, -0.2) is 4.39 Å². The predicted octanol–water partition coefficient (Wildman–Crippen LogP) is 2.64. The van der Waals surface area contributed by atoms with Gasteiger partial charge < -0.3 is 16.2 Å². The van der Waals surface area contributed by atoms with E-state index in [1.165, 1.54) is 36.4 Å². The Morgan fingerprint density at radius 1 is 1.26 bits per heavy atom. The molecule has 0 aliphatic rings. The Balaban J connectivity index is 2.07. The van der Waals surface area contributed by atoms with Crippen molar-refractivity contribution in [1.29, 1.82) is 0 Å². The quantitative estimate of drug-likeness (QED) is 0.783. The van der Waals surface area contributed by atoms with Crippen LogP contribution < -0.4 is 11.1 Å². The monoisotopic (exact) mass is 336 g/mol. The molecular formula is C16H14ClFN2O3. The first-order valence-corrected chi connectivity index (χ1v) is 7.07. The highest BCUT2D eigenvalue weighted by Crippen LogP contribution is 2.24. The fourth-order valence-electron chi connectivity index (χ4n) is 1.98. The Hall–Kier alpha value is -2.44. The van der Waals surface area contributed by atoms with Gasteiger partial charge in [-0.15, -0.1) is 0 Å². The molecule has 2 amide bonds. The zero-order valence-electron chi connectivity index (χ0n) is 11.9. The predicted molar refractivity (Wildman–Crippen MR) is 84.6 cm³/mol. The number of hydrogen-bond donors (Lipinski definition) is 3. The van der Waals surface area contributed by atoms with E-state index in [-0.39, 0.29) is 28.3 Å². The summed E-state index contributed by atoms with van der Waals surface area (Å²) < 4.78 is 13.1. The van der Waals surface area contributed by atoms with Crippen LogP contribution in [0.1, 0.15) is 28.4 Å². The van der Waals surface area contributed by atoms with Crippen molar-refractivity contribution >= 4 is 29.1 Å². The van der Waals surface area contributed by atoms with Crippen LogP contribution in [0.15, 0.2) is 42.5 Å². The van der Waals surface area contributed by atoms with E-state index in [9.17, 15) is 19.1 Å². The zero-order valence-corrected chi connectivity index (χ0v) is 12.7. The number of rotatable bonds is 5. The number of aliphatic hydroxyl groups is 1. The normalized spacial score (nSPS) is 11.8. The number of benzene rings is 2. The van der Waals surface area contributed by atoms with Crippen LogP contribution in [0.2, 0.25) is 5.02 Å². The summed E-state index contributed by atoms with van der Waals surface area (Å²) in [5.41, 5.74) is 5.85. The van der Waals surface area contributed by atoms with Gasteiger partial charge in [-0.1, -0.05) is 23.7 Å². The minimum atomic E-state index is -1.16. The lowest BCUT2D eigenvalue weighted by Crippen LogP contribution is -2.17. The molecule has 1 atom stereocenters. The third-order valence-electron chi connectivity index (χ3n) is 3.14. The minimum absolute atomic E-state index is 0.190. The van der Waals surface area contributed by atoms with Crippen molar-refractivity contribution in [3.63, 3.8) is 0 Å². The van der Waals surface area contributed by atoms with E-state index in [4.69, 9.17) is 17.3 Å². The molecule has 1 unspecified atom stereocenters. The second kappa shape index (κ2) is 7.21. The third-order valence-corrected chi connectivity index (χ3v) is 3.47. The van der Waals surface area contributed by atoms with E-state index in [0.717, 1.165) is 6.07 Å². The Kier molecular flexibility index (Phi) is 5.31. The molecule has 0 saturated heterocycles. The molecule has 5 nitrogen and oxygen atoms in total. The molecule has 7 heteroatoms. The number of primary amides is 1. The number of carbonyl (C=O) groups is 2. The van der Waals surface area contributed by atoms with E-state index in [2.05, 4.69) is 5.32 Å². The van der Waals surface area contributed by atoms with Crippen molar-refractivity contribution in [1.82, 2.24) is 0 Å². The standard InChI is InChI=1S/C16H14ClFN2O3/c17-12-5-4-10(16(19)23)7-13(12)20-15(22)8-14(21)9-2-1-3-11(18)6-9/h1-7,14,21H,8H2,(H2,19,23)(H,20,22). The first-order chi connectivity index (χ1) is 10.9. The van der Waals surface area contributed by atoms with Gasteiger partial charge in [-0.05, 0) is 35.9 Å². The number of anilines is 1. The third kappa shape index (κ3) is 4.51. The number of aliphatic hydroxyl groups excluding tert-OH is 1. The lowest BCUT2D eigenvalue weighted by atomic mass is 10.1. The number of halogens is 2. The summed E-state index contributed by atoms with van der Waals surface area (Å²) in [7, 11) is 0. The molecule has 0 bridgehead atoms. The van der Waals surface area contributed by atoms with Crippen LogP contribution in [-0.2, 0) is 4.79 Å². The van der Waals surface area contributed by atoms with Gasteiger partial charge in [0, 0.05) is 5.56 Å². The molecule has 0 aliphatic carbocycles. The largest absolute Gasteiger partial charge is 0.388 e. The van der Waals surface area contributed by atoms with Crippen molar-refractivity contribution in [3.05, 3.63) is 64.4 Å². The summed E-state index contributed by atoms with van der Waals surface area (Å²) in [4.78, 5) is 23.1. The molecule has 23 heavy (non-hydrogen) atoms. The average Bonchev–Trinajstić information content (AvgIpc) is 2.49. The van der Waals surface area contributed by atoms with Gasteiger partial charge in [0.25, 0.3) is 0 Å². The molecule has 0 radical (unpaired) electrons. The Morgan fingerprint density at radius 2 is 2.00 bits per heavy atom. The molecule has 0 heterocycles. The topological polar surface area (TPSA) is 92.4 Å². The van der Waals surface area contributed by atoms with Crippen molar-refractivity contribution in [2.24, 2.45) is 5.73 Å². The van der Waals surface area contributed by atoms with Gasteiger partial charge in [-0.2, -0.15) is 0 Å². The molecule has 0 aliphatic heterocycles. The second-order valence-corrected chi connectivity index (χ2v) is 5.29. The highest BCUT2D eigenvalue weighted by Gasteiger charge is 2.15. The van der Waals surface area contributed by atoms with Gasteiger partial charge in [0.2, 0.25) is 11.8 Å². The number of hydrogen-bond acceptors (Lipinski definition) is 3. The molecule has 2 aromatic rings. The van der Waals surface area contributed by atoms with Crippen molar-refractivity contribution in [2.75, 3.05) is 5.32 Å². The molecule has 0 spiro atoms. The summed E-state index contributed by atoms with van der Waals surface area (Å²) in [6.45, 7) is 0. The summed E-state index contributed by atoms with van der Waals surface area (Å²) in [6.07, 6.45) is -1.45. The number of amides is 2. The fourth-order valence-corrected chi connectivity index (χ4v) is 2.15. The van der Waals surface area contributed by atoms with Crippen molar-refractivity contribution in [3.8, 4) is 0 Å². The van der Waals surface area contributed by atoms with Crippen molar-refractivity contribution < 1.29 is 19.1 Å². The highest BCUT2D eigenvalue weighted by atomic mass is 35.5. The fraction of sp³-hybridized carbons (Fsp3) is 0.125. The highest BCUT2D eigenvalue weighted by molar-refractivity contribution is 6.33. The van der Waals surface area contributed by atoms with Crippen LogP contribution in [-0.4, -0.2) is 16.9 Å². The molecule has 0 saturated carbocycles. The Morgan fingerprint density at radius 3 is 2.65 bits per heavy atom. The molecular weight excluding hydrogens is 323 g/mol. The summed E-state index contributed by atoms with van der Waals surface area (Å²) >= 11 is 5.94. The maximum absolute atomic E-state index is 13.1. The first kappa shape index (κ1) is 16.9. The van der Waals surface area contributed by atoms with E-state index < -0.39 is 23.7 Å². The molecule has 4 N–H and O–H groups in total. The molecule has 120 valence electrons. The van der Waals surface area contributed by atoms with E-state index in [0.29, 0.717) is 0 Å². The molecule has 2 rings (SSSR count). The second-order valence-electron chi connectivity index (χ2n) is 4.88. The maximum atomic E-state index is 13.1. The molecule has 0 aromatic heterocycles. The number of carbonyl (C=O) groups excluding carboxylic acids is 2. The van der Waals surface area contributed by atoms with E-state index in [1.54, 1.807) is 0 Å². The lowest BCUT2D eigenvalue weighted by molar-refractivity contribution is -0.118. The van der Waals surface area contributed by atoms with Crippen LogP contribution in [0.3, 0.4) is 0 Å². The molecule has 2 aromatic carbocycles. The Bertz CT molecular complexity index is 752. The van der Waals surface area contributed by atoms with E-state index >= 15 is 0 Å². The summed E-state index contributed by atoms with van der Waals surface area (Å²) in [5.74, 6) is -1.69. The minimum Gasteiger partial charge on any atom is -0.388 e. The van der Waals surface area contributed by atoms with E-state index in [1.807, 2.05) is 0 Å². The Labute approximate surface area is 136 Å². The van der Waals surface area contributed by atoms with Gasteiger partial charge in [0.15, 0.2) is 0 Å². The lowest BCUT2D eigenvalue weighted by Gasteiger charge is -2.12. The maximum Gasteiger partial charge on any atom is 0.248 e. The number of nitrogens with one attached hydrogen (secondary N) is 1. The van der Waals surface area contributed by atoms with Gasteiger partial charge in [-0.3, -0.25) is 9.59 Å². The van der Waals surface area contributed by atoms with Crippen LogP contribution in [0.5, 0.6) is 0 Å². The SMILES string of the molecule is NC(=O)c1ccc(Cl)c(NC(=O)CC(O)c2cccc(F)c2)c1. The van der Waals surface area contributed by atoms with Gasteiger partial charge in [0.1, 0.15) is 5.82 Å². The van der Waals surface area contributed by atoms with Gasteiger partial charge >= 0.3 is 0 Å². The van der Waals surface area contributed by atoms with Crippen molar-refractivity contribution in [2.45, 2.75) is 12.5 Å². The van der Waals surface area contributed by atoms with Crippen LogP contribution in [0, 0.1) is 5.82 Å². The number of nitrogens with two attached hydrogens (primary N) is 1. The first-order valence-electron chi connectivity index (χ1n) is 6.69. The smallest absolute Gasteiger partial charge is 0.248 e. The zero-order chi connectivity index (χ0) is 17.0. The van der Waals surface area contributed by atoms with Crippen LogP contribution >= 0.6 is 11.6 Å². The summed E-state index contributed by atoms with van der Waals surface area (Å²) in [6, 6.07) is 9.56. The van der Waals surface area contributed by atoms with Crippen LogP contribution in [0.4, 0.5) is 10.1 Å².